The number of nitrogens with one attached hydrogen (secondary N) is 3. The van der Waals surface area contributed by atoms with E-state index in [4.69, 9.17) is 9.31 Å². The molecule has 9 nitrogen and oxygen atoms in total. The standard InChI is InChI=1S/C27H39BN4O5/c1-17(2)14-24(28-36-18(3)15-29-16-19(4)37-28)31-27(35)25(20(5)33)32-26(34)23-13-9-12-22(30-23)21-10-7-6-8-11-21/h6-13,17-20,24-25,29,33H,14-16H2,1-5H3,(H,31,35)(H,32,34)/t18?,19?,20-,24+,25+/m1/s1. The van der Waals surface area contributed by atoms with Gasteiger partial charge in [0.15, 0.2) is 0 Å². The molecule has 0 radical (unpaired) electrons. The van der Waals surface area contributed by atoms with E-state index in [1.165, 1.54) is 6.92 Å². The van der Waals surface area contributed by atoms with Gasteiger partial charge < -0.3 is 30.4 Å². The van der Waals surface area contributed by atoms with Crippen molar-refractivity contribution in [1.82, 2.24) is 20.9 Å². The first-order chi connectivity index (χ1) is 17.6. The molecule has 1 saturated heterocycles. The van der Waals surface area contributed by atoms with Crippen LogP contribution in [0, 0.1) is 5.92 Å². The summed E-state index contributed by atoms with van der Waals surface area (Å²) in [6, 6.07) is 13.4. The fourth-order valence-corrected chi connectivity index (χ4v) is 4.24. The number of hydrogen-bond donors (Lipinski definition) is 4. The molecule has 3 rings (SSSR count). The van der Waals surface area contributed by atoms with Crippen LogP contribution in [-0.4, -0.2) is 72.4 Å². The number of amides is 2. The van der Waals surface area contributed by atoms with E-state index in [0.29, 0.717) is 25.2 Å². The predicted molar refractivity (Wildman–Crippen MR) is 144 cm³/mol. The lowest BCUT2D eigenvalue weighted by Crippen LogP contribution is -2.60. The average molecular weight is 510 g/mol. The summed E-state index contributed by atoms with van der Waals surface area (Å²) in [6.07, 6.45) is -0.759. The summed E-state index contributed by atoms with van der Waals surface area (Å²) in [5.41, 5.74) is 1.66. The number of benzene rings is 1. The summed E-state index contributed by atoms with van der Waals surface area (Å²) in [5, 5.41) is 19.3. The van der Waals surface area contributed by atoms with E-state index < -0.39 is 37.0 Å². The first kappa shape index (κ1) is 28.8. The lowest BCUT2D eigenvalue weighted by Gasteiger charge is -2.33. The van der Waals surface area contributed by atoms with Crippen LogP contribution in [0.4, 0.5) is 0 Å². The highest BCUT2D eigenvalue weighted by atomic mass is 16.6. The van der Waals surface area contributed by atoms with Crippen LogP contribution in [0.25, 0.3) is 11.3 Å². The van der Waals surface area contributed by atoms with Gasteiger partial charge in [-0.05, 0) is 45.2 Å². The molecule has 1 aromatic heterocycles. The van der Waals surface area contributed by atoms with Gasteiger partial charge in [-0.15, -0.1) is 0 Å². The Balaban J connectivity index is 1.75. The molecule has 0 bridgehead atoms. The van der Waals surface area contributed by atoms with E-state index in [0.717, 1.165) is 5.56 Å². The van der Waals surface area contributed by atoms with Crippen molar-refractivity contribution in [1.29, 1.82) is 0 Å². The Kier molecular flexibility index (Phi) is 10.6. The van der Waals surface area contributed by atoms with Gasteiger partial charge >= 0.3 is 7.12 Å². The molecule has 1 fully saturated rings. The summed E-state index contributed by atoms with van der Waals surface area (Å²) in [6.45, 7) is 10.8. The van der Waals surface area contributed by atoms with Crippen LogP contribution in [0.15, 0.2) is 48.5 Å². The zero-order chi connectivity index (χ0) is 26.9. The number of aliphatic hydroxyl groups excluding tert-OH is 1. The molecule has 2 aromatic rings. The SMILES string of the molecule is CC(C)C[C@H](NC(=O)[C@@H](NC(=O)c1cccc(-c2ccccc2)n1)[C@@H](C)O)B1OC(C)CNCC(C)O1. The first-order valence-corrected chi connectivity index (χ1v) is 13.0. The third-order valence-electron chi connectivity index (χ3n) is 6.08. The van der Waals surface area contributed by atoms with E-state index >= 15 is 0 Å². The molecule has 10 heteroatoms. The Morgan fingerprint density at radius 3 is 2.27 bits per heavy atom. The summed E-state index contributed by atoms with van der Waals surface area (Å²) in [4.78, 5) is 30.9. The zero-order valence-electron chi connectivity index (χ0n) is 22.3. The Morgan fingerprint density at radius 1 is 1.03 bits per heavy atom. The fraction of sp³-hybridized carbons (Fsp3) is 0.519. The molecule has 0 aliphatic carbocycles. The van der Waals surface area contributed by atoms with Gasteiger partial charge in [0.1, 0.15) is 11.7 Å². The van der Waals surface area contributed by atoms with Crippen molar-refractivity contribution in [2.24, 2.45) is 5.92 Å². The number of carbonyl (C=O) groups is 2. The topological polar surface area (TPSA) is 122 Å². The van der Waals surface area contributed by atoms with E-state index in [1.807, 2.05) is 50.2 Å². The van der Waals surface area contributed by atoms with Crippen molar-refractivity contribution in [2.45, 2.75) is 71.3 Å². The lowest BCUT2D eigenvalue weighted by molar-refractivity contribution is -0.125. The summed E-state index contributed by atoms with van der Waals surface area (Å²) in [7, 11) is -0.659. The molecule has 1 aromatic carbocycles. The second-order valence-corrected chi connectivity index (χ2v) is 10.1. The van der Waals surface area contributed by atoms with Crippen molar-refractivity contribution >= 4 is 18.9 Å². The summed E-state index contributed by atoms with van der Waals surface area (Å²) >= 11 is 0. The molecule has 5 atom stereocenters. The average Bonchev–Trinajstić information content (AvgIpc) is 2.85. The minimum atomic E-state index is -1.19. The van der Waals surface area contributed by atoms with Crippen LogP contribution in [-0.2, 0) is 14.1 Å². The van der Waals surface area contributed by atoms with Crippen LogP contribution >= 0.6 is 0 Å². The smallest absolute Gasteiger partial charge is 0.406 e. The third-order valence-corrected chi connectivity index (χ3v) is 6.08. The minimum Gasteiger partial charge on any atom is -0.406 e. The van der Waals surface area contributed by atoms with Crippen LogP contribution in [0.1, 0.15) is 51.5 Å². The highest BCUT2D eigenvalue weighted by Gasteiger charge is 2.38. The molecule has 4 N–H and O–H groups in total. The van der Waals surface area contributed by atoms with Crippen molar-refractivity contribution in [3.63, 3.8) is 0 Å². The van der Waals surface area contributed by atoms with E-state index in [2.05, 4.69) is 34.8 Å². The number of pyridine rings is 1. The Labute approximate surface area is 219 Å². The number of aliphatic hydroxyl groups is 1. The lowest BCUT2D eigenvalue weighted by atomic mass is 9.72. The van der Waals surface area contributed by atoms with Gasteiger partial charge in [0, 0.05) is 18.7 Å². The van der Waals surface area contributed by atoms with Gasteiger partial charge in [-0.3, -0.25) is 9.59 Å². The van der Waals surface area contributed by atoms with Gasteiger partial charge in [0.25, 0.3) is 5.91 Å². The number of aromatic nitrogens is 1. The quantitative estimate of drug-likeness (QED) is 0.382. The molecule has 2 heterocycles. The van der Waals surface area contributed by atoms with Crippen molar-refractivity contribution in [2.75, 3.05) is 13.1 Å². The van der Waals surface area contributed by atoms with Crippen molar-refractivity contribution < 1.29 is 24.0 Å². The summed E-state index contributed by atoms with van der Waals surface area (Å²) < 4.78 is 12.2. The molecular weight excluding hydrogens is 471 g/mol. The van der Waals surface area contributed by atoms with Crippen LogP contribution in [0.2, 0.25) is 0 Å². The fourth-order valence-electron chi connectivity index (χ4n) is 4.24. The molecule has 37 heavy (non-hydrogen) atoms. The van der Waals surface area contributed by atoms with Gasteiger partial charge in [0.05, 0.1) is 29.9 Å². The van der Waals surface area contributed by atoms with E-state index in [9.17, 15) is 14.7 Å². The van der Waals surface area contributed by atoms with Gasteiger partial charge in [0.2, 0.25) is 5.91 Å². The normalized spacial score (nSPS) is 20.9. The Hall–Kier alpha value is -2.79. The molecular formula is C27H39BN4O5. The maximum Gasteiger partial charge on any atom is 0.481 e. The Bertz CT molecular complexity index is 1010. The van der Waals surface area contributed by atoms with Crippen LogP contribution in [0.3, 0.4) is 0 Å². The second kappa shape index (κ2) is 13.7. The number of hydrogen-bond acceptors (Lipinski definition) is 7. The zero-order valence-corrected chi connectivity index (χ0v) is 22.3. The highest BCUT2D eigenvalue weighted by molar-refractivity contribution is 6.47. The van der Waals surface area contributed by atoms with Gasteiger partial charge in [-0.25, -0.2) is 4.98 Å². The minimum absolute atomic E-state index is 0.112. The molecule has 1 aliphatic rings. The molecule has 1 aliphatic heterocycles. The maximum absolute atomic E-state index is 13.4. The first-order valence-electron chi connectivity index (χ1n) is 13.0. The van der Waals surface area contributed by atoms with Crippen molar-refractivity contribution in [3.8, 4) is 11.3 Å². The largest absolute Gasteiger partial charge is 0.481 e. The van der Waals surface area contributed by atoms with Crippen LogP contribution < -0.4 is 16.0 Å². The number of carbonyl (C=O) groups excluding carboxylic acids is 2. The molecule has 2 amide bonds. The third kappa shape index (κ3) is 8.64. The number of rotatable bonds is 9. The molecule has 200 valence electrons. The van der Waals surface area contributed by atoms with Crippen molar-refractivity contribution in [3.05, 3.63) is 54.2 Å². The number of nitrogens with zero attached hydrogens (tertiary/aromatic N) is 1. The molecule has 0 saturated carbocycles. The van der Waals surface area contributed by atoms with Gasteiger partial charge in [-0.2, -0.15) is 0 Å². The summed E-state index contributed by atoms with van der Waals surface area (Å²) in [5.74, 6) is -1.28. The maximum atomic E-state index is 13.4. The molecule has 2 unspecified atom stereocenters. The van der Waals surface area contributed by atoms with E-state index in [1.54, 1.807) is 12.1 Å². The van der Waals surface area contributed by atoms with E-state index in [-0.39, 0.29) is 23.8 Å². The monoisotopic (exact) mass is 510 g/mol. The Morgan fingerprint density at radius 2 is 1.68 bits per heavy atom. The predicted octanol–water partition coefficient (Wildman–Crippen LogP) is 2.20. The van der Waals surface area contributed by atoms with Crippen LogP contribution in [0.5, 0.6) is 0 Å². The van der Waals surface area contributed by atoms with Gasteiger partial charge in [-0.1, -0.05) is 50.2 Å². The second-order valence-electron chi connectivity index (χ2n) is 10.1. The molecule has 0 spiro atoms. The highest BCUT2D eigenvalue weighted by Crippen LogP contribution is 2.17.